The van der Waals surface area contributed by atoms with Gasteiger partial charge in [-0.15, -0.1) is 0 Å². The molecule has 1 aromatic carbocycles. The Kier molecular flexibility index (Phi) is 4.66. The van der Waals surface area contributed by atoms with Crippen molar-refractivity contribution in [3.8, 4) is 0 Å². The van der Waals surface area contributed by atoms with Crippen molar-refractivity contribution in [2.24, 2.45) is 5.73 Å². The van der Waals surface area contributed by atoms with Gasteiger partial charge in [-0.1, -0.05) is 6.92 Å². The SMILES string of the molecule is CC[C@@H](CO)NC(=O)c1ccc(C(N)=O)cc1. The van der Waals surface area contributed by atoms with Gasteiger partial charge in [0.15, 0.2) is 0 Å². The monoisotopic (exact) mass is 236 g/mol. The second-order valence-electron chi connectivity index (χ2n) is 3.70. The number of rotatable bonds is 5. The van der Waals surface area contributed by atoms with Crippen molar-refractivity contribution >= 4 is 11.8 Å². The van der Waals surface area contributed by atoms with Crippen molar-refractivity contribution in [1.82, 2.24) is 5.32 Å². The predicted molar refractivity (Wildman–Crippen MR) is 63.6 cm³/mol. The standard InChI is InChI=1S/C12H16N2O3/c1-2-10(7-15)14-12(17)9-5-3-8(4-6-9)11(13)16/h3-6,10,15H,2,7H2,1H3,(H2,13,16)(H,14,17)/t10-/m0/s1. The van der Waals surface area contributed by atoms with Crippen LogP contribution in [0, 0.1) is 0 Å². The predicted octanol–water partition coefficient (Wildman–Crippen LogP) is 0.286. The van der Waals surface area contributed by atoms with Crippen LogP contribution in [-0.4, -0.2) is 29.6 Å². The lowest BCUT2D eigenvalue weighted by Gasteiger charge is -2.13. The highest BCUT2D eigenvalue weighted by atomic mass is 16.3. The lowest BCUT2D eigenvalue weighted by Crippen LogP contribution is -2.36. The summed E-state index contributed by atoms with van der Waals surface area (Å²) in [4.78, 5) is 22.6. The summed E-state index contributed by atoms with van der Waals surface area (Å²) in [5.74, 6) is -0.805. The molecule has 0 saturated heterocycles. The molecule has 1 atom stereocenters. The lowest BCUT2D eigenvalue weighted by atomic mass is 10.1. The molecule has 0 saturated carbocycles. The zero-order valence-corrected chi connectivity index (χ0v) is 9.64. The largest absolute Gasteiger partial charge is 0.394 e. The number of carbonyl (C=O) groups is 2. The minimum Gasteiger partial charge on any atom is -0.394 e. The summed E-state index contributed by atoms with van der Waals surface area (Å²) in [7, 11) is 0. The van der Waals surface area contributed by atoms with Gasteiger partial charge in [-0.25, -0.2) is 0 Å². The highest BCUT2D eigenvalue weighted by molar-refractivity contribution is 5.97. The van der Waals surface area contributed by atoms with E-state index in [1.165, 1.54) is 24.3 Å². The smallest absolute Gasteiger partial charge is 0.251 e. The van der Waals surface area contributed by atoms with Crippen LogP contribution in [0.1, 0.15) is 34.1 Å². The molecular weight excluding hydrogens is 220 g/mol. The van der Waals surface area contributed by atoms with Gasteiger partial charge in [0.05, 0.1) is 12.6 Å². The lowest BCUT2D eigenvalue weighted by molar-refractivity contribution is 0.0913. The second-order valence-corrected chi connectivity index (χ2v) is 3.70. The third kappa shape index (κ3) is 3.57. The van der Waals surface area contributed by atoms with Crippen molar-refractivity contribution in [3.63, 3.8) is 0 Å². The highest BCUT2D eigenvalue weighted by Crippen LogP contribution is 2.04. The van der Waals surface area contributed by atoms with Gasteiger partial charge < -0.3 is 16.2 Å². The highest BCUT2D eigenvalue weighted by Gasteiger charge is 2.11. The number of aliphatic hydroxyl groups excluding tert-OH is 1. The average molecular weight is 236 g/mol. The van der Waals surface area contributed by atoms with Crippen LogP contribution in [-0.2, 0) is 0 Å². The topological polar surface area (TPSA) is 92.4 Å². The molecule has 0 spiro atoms. The first-order chi connectivity index (χ1) is 8.08. The van der Waals surface area contributed by atoms with Crippen LogP contribution in [0.5, 0.6) is 0 Å². The molecule has 0 aromatic heterocycles. The van der Waals surface area contributed by atoms with E-state index in [9.17, 15) is 9.59 Å². The molecular formula is C12H16N2O3. The molecule has 1 rings (SSSR count). The first kappa shape index (κ1) is 13.2. The minimum absolute atomic E-state index is 0.0956. The van der Waals surface area contributed by atoms with Gasteiger partial charge in [0.1, 0.15) is 0 Å². The van der Waals surface area contributed by atoms with Crippen molar-refractivity contribution in [2.45, 2.75) is 19.4 Å². The molecule has 0 bridgehead atoms. The maximum absolute atomic E-state index is 11.7. The molecule has 1 aromatic rings. The Hall–Kier alpha value is -1.88. The van der Waals surface area contributed by atoms with Gasteiger partial charge in [-0.2, -0.15) is 0 Å². The van der Waals surface area contributed by atoms with Crippen LogP contribution in [0.2, 0.25) is 0 Å². The molecule has 0 aliphatic rings. The number of amides is 2. The van der Waals surface area contributed by atoms with E-state index in [4.69, 9.17) is 10.8 Å². The molecule has 5 heteroatoms. The molecule has 5 nitrogen and oxygen atoms in total. The van der Waals surface area contributed by atoms with E-state index in [1.54, 1.807) is 0 Å². The van der Waals surface area contributed by atoms with Crippen LogP contribution >= 0.6 is 0 Å². The first-order valence-corrected chi connectivity index (χ1v) is 5.40. The summed E-state index contributed by atoms with van der Waals surface area (Å²) >= 11 is 0. The van der Waals surface area contributed by atoms with Crippen molar-refractivity contribution < 1.29 is 14.7 Å². The van der Waals surface area contributed by atoms with Gasteiger partial charge in [0.2, 0.25) is 5.91 Å². The molecule has 92 valence electrons. The number of nitrogens with one attached hydrogen (secondary N) is 1. The van der Waals surface area contributed by atoms with E-state index >= 15 is 0 Å². The Bertz CT molecular complexity index is 397. The van der Waals surface area contributed by atoms with Crippen LogP contribution in [0.3, 0.4) is 0 Å². The number of carbonyl (C=O) groups excluding carboxylic acids is 2. The summed E-state index contributed by atoms with van der Waals surface area (Å²) < 4.78 is 0. The minimum atomic E-state index is -0.529. The van der Waals surface area contributed by atoms with E-state index in [-0.39, 0.29) is 18.6 Å². The van der Waals surface area contributed by atoms with Crippen molar-refractivity contribution in [2.75, 3.05) is 6.61 Å². The molecule has 17 heavy (non-hydrogen) atoms. The van der Waals surface area contributed by atoms with Crippen LogP contribution in [0.25, 0.3) is 0 Å². The molecule has 0 radical (unpaired) electrons. The summed E-state index contributed by atoms with van der Waals surface area (Å²) in [6.45, 7) is 1.78. The Labute approximate surface area is 99.6 Å². The Morgan fingerprint density at radius 3 is 2.24 bits per heavy atom. The maximum Gasteiger partial charge on any atom is 0.251 e. The number of hydrogen-bond acceptors (Lipinski definition) is 3. The molecule has 0 aliphatic carbocycles. The van der Waals surface area contributed by atoms with Gasteiger partial charge >= 0.3 is 0 Å². The quantitative estimate of drug-likeness (QED) is 0.686. The first-order valence-electron chi connectivity index (χ1n) is 5.40. The summed E-state index contributed by atoms with van der Waals surface area (Å²) in [6, 6.07) is 5.80. The van der Waals surface area contributed by atoms with Crippen molar-refractivity contribution in [1.29, 1.82) is 0 Å². The van der Waals surface area contributed by atoms with E-state index in [2.05, 4.69) is 5.32 Å². The second kappa shape index (κ2) is 6.00. The van der Waals surface area contributed by atoms with E-state index in [1.807, 2.05) is 6.92 Å². The Morgan fingerprint density at radius 2 is 1.82 bits per heavy atom. The molecule has 0 heterocycles. The fourth-order valence-corrected chi connectivity index (χ4v) is 1.33. The summed E-state index contributed by atoms with van der Waals surface area (Å²) in [5, 5.41) is 11.6. The van der Waals surface area contributed by atoms with Gasteiger partial charge in [-0.3, -0.25) is 9.59 Å². The number of primary amides is 1. The van der Waals surface area contributed by atoms with Crippen molar-refractivity contribution in [3.05, 3.63) is 35.4 Å². The number of hydrogen-bond donors (Lipinski definition) is 3. The van der Waals surface area contributed by atoms with Crippen LogP contribution < -0.4 is 11.1 Å². The number of aliphatic hydroxyl groups is 1. The fraction of sp³-hybridized carbons (Fsp3) is 0.333. The van der Waals surface area contributed by atoms with E-state index < -0.39 is 5.91 Å². The van der Waals surface area contributed by atoms with Crippen LogP contribution in [0.15, 0.2) is 24.3 Å². The van der Waals surface area contributed by atoms with E-state index in [0.717, 1.165) is 0 Å². The van der Waals surface area contributed by atoms with Gasteiger partial charge in [0.25, 0.3) is 5.91 Å². The number of benzene rings is 1. The molecule has 2 amide bonds. The third-order valence-electron chi connectivity index (χ3n) is 2.48. The van der Waals surface area contributed by atoms with Crippen LogP contribution in [0.4, 0.5) is 0 Å². The maximum atomic E-state index is 11.7. The molecule has 0 unspecified atom stereocenters. The zero-order valence-electron chi connectivity index (χ0n) is 9.64. The fourth-order valence-electron chi connectivity index (χ4n) is 1.33. The summed E-state index contributed by atoms with van der Waals surface area (Å²) in [6.07, 6.45) is 0.654. The Balaban J connectivity index is 2.73. The normalized spacial score (nSPS) is 11.9. The average Bonchev–Trinajstić information content (AvgIpc) is 2.35. The summed E-state index contributed by atoms with van der Waals surface area (Å²) in [5.41, 5.74) is 5.88. The zero-order chi connectivity index (χ0) is 12.8. The number of nitrogens with two attached hydrogens (primary N) is 1. The van der Waals surface area contributed by atoms with Gasteiger partial charge in [-0.05, 0) is 30.7 Å². The third-order valence-corrected chi connectivity index (χ3v) is 2.48. The molecule has 0 fully saturated rings. The Morgan fingerprint density at radius 1 is 1.29 bits per heavy atom. The van der Waals surface area contributed by atoms with E-state index in [0.29, 0.717) is 17.5 Å². The van der Waals surface area contributed by atoms with Gasteiger partial charge in [0, 0.05) is 11.1 Å². The molecule has 0 aliphatic heterocycles. The molecule has 4 N–H and O–H groups in total.